The van der Waals surface area contributed by atoms with Gasteiger partial charge in [0.2, 0.25) is 5.91 Å². The molecule has 1 aromatic carbocycles. The molecule has 0 spiro atoms. The summed E-state index contributed by atoms with van der Waals surface area (Å²) < 4.78 is 10.5. The highest BCUT2D eigenvalue weighted by Crippen LogP contribution is 2.06. The maximum absolute atomic E-state index is 12.9. The zero-order valence-corrected chi connectivity index (χ0v) is 15.0. The predicted molar refractivity (Wildman–Crippen MR) is 94.0 cm³/mol. The molecule has 0 aliphatic heterocycles. The van der Waals surface area contributed by atoms with Gasteiger partial charge in [0, 0.05) is 20.2 Å². The number of aliphatic hydroxyl groups is 1. The van der Waals surface area contributed by atoms with Gasteiger partial charge in [-0.05, 0) is 26.1 Å². The first kappa shape index (κ1) is 20.6. The van der Waals surface area contributed by atoms with Gasteiger partial charge < -0.3 is 19.5 Å². The van der Waals surface area contributed by atoms with Crippen LogP contribution in [0, 0.1) is 0 Å². The van der Waals surface area contributed by atoms with Crippen LogP contribution in [0.2, 0.25) is 0 Å². The van der Waals surface area contributed by atoms with Gasteiger partial charge in [-0.1, -0.05) is 30.3 Å². The number of amides is 1. The minimum absolute atomic E-state index is 0.0119. The molecule has 1 rings (SSSR count). The van der Waals surface area contributed by atoms with Crippen molar-refractivity contribution >= 4 is 5.91 Å². The van der Waals surface area contributed by atoms with Gasteiger partial charge in [-0.3, -0.25) is 9.69 Å². The van der Waals surface area contributed by atoms with Crippen molar-refractivity contribution in [1.82, 2.24) is 9.80 Å². The summed E-state index contributed by atoms with van der Waals surface area (Å²) in [7, 11) is 5.35. The molecule has 0 aliphatic carbocycles. The van der Waals surface area contributed by atoms with Crippen LogP contribution in [0.25, 0.3) is 0 Å². The standard InChI is InChI=1S/C18H30N2O4/c1-19(2)17(15-23-3)18(22)20(11-13-24-14-12-21)10-9-16-7-5-4-6-8-16/h4-8,17,21H,9-15H2,1-3H3. The summed E-state index contributed by atoms with van der Waals surface area (Å²) in [5, 5.41) is 8.79. The second-order valence-corrected chi connectivity index (χ2v) is 5.83. The van der Waals surface area contributed by atoms with Gasteiger partial charge in [0.1, 0.15) is 6.04 Å². The normalized spacial score (nSPS) is 12.4. The van der Waals surface area contributed by atoms with E-state index in [1.165, 1.54) is 5.56 Å². The topological polar surface area (TPSA) is 62.2 Å². The molecule has 0 saturated heterocycles. The molecule has 1 unspecified atom stereocenters. The van der Waals surface area contributed by atoms with Crippen molar-refractivity contribution in [2.45, 2.75) is 12.5 Å². The van der Waals surface area contributed by atoms with Crippen LogP contribution >= 0.6 is 0 Å². The third-order valence-corrected chi connectivity index (χ3v) is 3.80. The van der Waals surface area contributed by atoms with Crippen LogP contribution in [0.1, 0.15) is 5.56 Å². The Morgan fingerprint density at radius 2 is 1.88 bits per heavy atom. The molecule has 24 heavy (non-hydrogen) atoms. The number of carbonyl (C=O) groups excluding carboxylic acids is 1. The molecule has 1 atom stereocenters. The summed E-state index contributed by atoms with van der Waals surface area (Å²) in [5.74, 6) is 0.0328. The minimum Gasteiger partial charge on any atom is -0.394 e. The first-order chi connectivity index (χ1) is 11.6. The van der Waals surface area contributed by atoms with E-state index in [0.29, 0.717) is 26.3 Å². The van der Waals surface area contributed by atoms with E-state index in [0.717, 1.165) is 6.42 Å². The van der Waals surface area contributed by atoms with E-state index < -0.39 is 0 Å². The lowest BCUT2D eigenvalue weighted by Crippen LogP contribution is -2.49. The highest BCUT2D eigenvalue weighted by molar-refractivity contribution is 5.82. The lowest BCUT2D eigenvalue weighted by Gasteiger charge is -2.30. The second-order valence-electron chi connectivity index (χ2n) is 5.83. The van der Waals surface area contributed by atoms with Crippen molar-refractivity contribution in [3.63, 3.8) is 0 Å². The summed E-state index contributed by atoms with van der Waals surface area (Å²) >= 11 is 0. The first-order valence-electron chi connectivity index (χ1n) is 8.26. The van der Waals surface area contributed by atoms with Gasteiger partial charge in [0.25, 0.3) is 0 Å². The number of ether oxygens (including phenoxy) is 2. The summed E-state index contributed by atoms with van der Waals surface area (Å²) in [6, 6.07) is 9.78. The molecule has 6 nitrogen and oxygen atoms in total. The molecule has 0 aliphatic rings. The number of nitrogens with zero attached hydrogens (tertiary/aromatic N) is 2. The van der Waals surface area contributed by atoms with Crippen molar-refractivity contribution in [1.29, 1.82) is 0 Å². The summed E-state index contributed by atoms with van der Waals surface area (Å²) in [6.45, 7) is 2.16. The largest absolute Gasteiger partial charge is 0.394 e. The molecular weight excluding hydrogens is 308 g/mol. The van der Waals surface area contributed by atoms with Crippen LogP contribution in [0.5, 0.6) is 0 Å². The van der Waals surface area contributed by atoms with E-state index in [1.807, 2.05) is 42.1 Å². The molecule has 0 heterocycles. The van der Waals surface area contributed by atoms with Crippen LogP contribution in [0.3, 0.4) is 0 Å². The average Bonchev–Trinajstić information content (AvgIpc) is 2.59. The predicted octanol–water partition coefficient (Wildman–Crippen LogP) is 0.643. The van der Waals surface area contributed by atoms with Gasteiger partial charge >= 0.3 is 0 Å². The van der Waals surface area contributed by atoms with Crippen LogP contribution in [0.15, 0.2) is 30.3 Å². The highest BCUT2D eigenvalue weighted by Gasteiger charge is 2.25. The maximum atomic E-state index is 12.9. The summed E-state index contributed by atoms with van der Waals surface area (Å²) in [4.78, 5) is 16.5. The number of likely N-dealkylation sites (N-methyl/N-ethyl adjacent to an activating group) is 1. The number of methoxy groups -OCH3 is 1. The Hall–Kier alpha value is -1.47. The molecule has 1 aromatic rings. The Kier molecular flexibility index (Phi) is 10.3. The lowest BCUT2D eigenvalue weighted by molar-refractivity contribution is -0.138. The monoisotopic (exact) mass is 338 g/mol. The molecular formula is C18H30N2O4. The van der Waals surface area contributed by atoms with E-state index >= 15 is 0 Å². The van der Waals surface area contributed by atoms with Crippen LogP contribution in [0.4, 0.5) is 0 Å². The molecule has 0 saturated carbocycles. The van der Waals surface area contributed by atoms with Gasteiger partial charge in [0.15, 0.2) is 0 Å². The van der Waals surface area contributed by atoms with Crippen molar-refractivity contribution in [3.05, 3.63) is 35.9 Å². The van der Waals surface area contributed by atoms with E-state index in [9.17, 15) is 4.79 Å². The molecule has 6 heteroatoms. The summed E-state index contributed by atoms with van der Waals surface area (Å²) in [6.07, 6.45) is 0.791. The number of rotatable bonds is 12. The highest BCUT2D eigenvalue weighted by atomic mass is 16.5. The third kappa shape index (κ3) is 7.40. The minimum atomic E-state index is -0.316. The Bertz CT molecular complexity index is 454. The van der Waals surface area contributed by atoms with E-state index in [4.69, 9.17) is 14.6 Å². The SMILES string of the molecule is COCC(C(=O)N(CCOCCO)CCc1ccccc1)N(C)C. The molecule has 1 N–H and O–H groups in total. The number of hydrogen-bond donors (Lipinski definition) is 1. The van der Waals surface area contributed by atoms with E-state index in [1.54, 1.807) is 7.11 Å². The molecule has 136 valence electrons. The Morgan fingerprint density at radius 3 is 2.46 bits per heavy atom. The lowest BCUT2D eigenvalue weighted by atomic mass is 10.1. The summed E-state index contributed by atoms with van der Waals surface area (Å²) in [5.41, 5.74) is 1.19. The number of benzene rings is 1. The number of carbonyl (C=O) groups is 1. The zero-order chi connectivity index (χ0) is 17.8. The second kappa shape index (κ2) is 12.0. The molecule has 1 amide bonds. The van der Waals surface area contributed by atoms with E-state index in [-0.39, 0.29) is 25.2 Å². The van der Waals surface area contributed by atoms with E-state index in [2.05, 4.69) is 12.1 Å². The van der Waals surface area contributed by atoms with Crippen molar-refractivity contribution in [2.24, 2.45) is 0 Å². The van der Waals surface area contributed by atoms with Crippen LogP contribution in [-0.2, 0) is 20.7 Å². The maximum Gasteiger partial charge on any atom is 0.242 e. The number of hydrogen-bond acceptors (Lipinski definition) is 5. The Balaban J connectivity index is 2.69. The van der Waals surface area contributed by atoms with Crippen LogP contribution in [-0.4, -0.2) is 87.6 Å². The van der Waals surface area contributed by atoms with Gasteiger partial charge in [-0.15, -0.1) is 0 Å². The fourth-order valence-electron chi connectivity index (χ4n) is 2.39. The van der Waals surface area contributed by atoms with Crippen molar-refractivity contribution in [3.8, 4) is 0 Å². The smallest absolute Gasteiger partial charge is 0.242 e. The molecule has 0 bridgehead atoms. The van der Waals surface area contributed by atoms with Gasteiger partial charge in [-0.2, -0.15) is 0 Å². The first-order valence-corrected chi connectivity index (χ1v) is 8.26. The Labute approximate surface area is 145 Å². The molecule has 0 radical (unpaired) electrons. The zero-order valence-electron chi connectivity index (χ0n) is 15.0. The fraction of sp³-hybridized carbons (Fsp3) is 0.611. The van der Waals surface area contributed by atoms with Gasteiger partial charge in [-0.25, -0.2) is 0 Å². The Morgan fingerprint density at radius 1 is 1.17 bits per heavy atom. The molecule has 0 fully saturated rings. The average molecular weight is 338 g/mol. The van der Waals surface area contributed by atoms with Gasteiger partial charge in [0.05, 0.1) is 26.4 Å². The van der Waals surface area contributed by atoms with Crippen molar-refractivity contribution in [2.75, 3.05) is 60.7 Å². The van der Waals surface area contributed by atoms with Crippen molar-refractivity contribution < 1.29 is 19.4 Å². The number of aliphatic hydroxyl groups excluding tert-OH is 1. The molecule has 0 aromatic heterocycles. The fourth-order valence-corrected chi connectivity index (χ4v) is 2.39. The van der Waals surface area contributed by atoms with Crippen LogP contribution < -0.4 is 0 Å². The quantitative estimate of drug-likeness (QED) is 0.567. The third-order valence-electron chi connectivity index (χ3n) is 3.80.